The second-order valence-electron chi connectivity index (χ2n) is 8.09. The summed E-state index contributed by atoms with van der Waals surface area (Å²) < 4.78 is 25.4. The second-order valence-corrected chi connectivity index (χ2v) is 9.35. The second kappa shape index (κ2) is 11.1. The molecule has 1 fully saturated rings. The van der Waals surface area contributed by atoms with E-state index in [0.717, 1.165) is 45.1 Å². The van der Waals surface area contributed by atoms with E-state index in [-0.39, 0.29) is 5.82 Å². The quantitative estimate of drug-likeness (QED) is 0.326. The fraction of sp³-hybridized carbons (Fsp3) is 0.308. The van der Waals surface area contributed by atoms with Crippen molar-refractivity contribution in [2.75, 3.05) is 30.4 Å². The molecule has 0 aromatic heterocycles. The molecule has 0 amide bonds. The van der Waals surface area contributed by atoms with Gasteiger partial charge in [-0.2, -0.15) is 0 Å². The number of methoxy groups -OCH3 is 1. The first-order chi connectivity index (χ1) is 16.0. The van der Waals surface area contributed by atoms with Crippen LogP contribution in [0.3, 0.4) is 0 Å². The standard InChI is InChI=1S/C26H27BrClFN2O2/c1-32-25-14-19(13-22(27)26(25)33-17-18-5-7-20(29)8-6-18)16-30-21-9-10-24(23(28)15-21)31-11-3-2-4-12-31/h5-10,13-15,30H,2-4,11-12,16-17H2,1H3. The van der Waals surface area contributed by atoms with Gasteiger partial charge in [0.25, 0.3) is 0 Å². The Balaban J connectivity index is 1.41. The highest BCUT2D eigenvalue weighted by Crippen LogP contribution is 2.38. The van der Waals surface area contributed by atoms with Gasteiger partial charge in [-0.3, -0.25) is 0 Å². The SMILES string of the molecule is COc1cc(CNc2ccc(N3CCCCC3)c(Cl)c2)cc(Br)c1OCc1ccc(F)cc1. The van der Waals surface area contributed by atoms with E-state index in [0.29, 0.717) is 24.7 Å². The Morgan fingerprint density at radius 2 is 1.76 bits per heavy atom. The maximum atomic E-state index is 13.1. The van der Waals surface area contributed by atoms with Crippen molar-refractivity contribution in [3.63, 3.8) is 0 Å². The Hall–Kier alpha value is -2.44. The summed E-state index contributed by atoms with van der Waals surface area (Å²) in [4.78, 5) is 2.36. The van der Waals surface area contributed by atoms with Crippen LogP contribution in [-0.4, -0.2) is 20.2 Å². The van der Waals surface area contributed by atoms with Gasteiger partial charge in [0.15, 0.2) is 11.5 Å². The molecule has 3 aromatic rings. The van der Waals surface area contributed by atoms with Gasteiger partial charge in [-0.25, -0.2) is 4.39 Å². The Morgan fingerprint density at radius 3 is 2.45 bits per heavy atom. The number of nitrogens with one attached hydrogen (secondary N) is 1. The number of benzene rings is 3. The topological polar surface area (TPSA) is 33.7 Å². The molecule has 1 N–H and O–H groups in total. The van der Waals surface area contributed by atoms with Gasteiger partial charge in [-0.15, -0.1) is 0 Å². The molecule has 1 aliphatic rings. The Bertz CT molecular complexity index is 1090. The van der Waals surface area contributed by atoms with Crippen LogP contribution in [0, 0.1) is 5.82 Å². The predicted octanol–water partition coefficient (Wildman–Crippen LogP) is 7.43. The molecule has 4 rings (SSSR count). The van der Waals surface area contributed by atoms with Gasteiger partial charge in [-0.1, -0.05) is 23.7 Å². The van der Waals surface area contributed by atoms with Gasteiger partial charge in [0, 0.05) is 25.3 Å². The highest BCUT2D eigenvalue weighted by molar-refractivity contribution is 9.10. The molecular formula is C26H27BrClFN2O2. The monoisotopic (exact) mass is 532 g/mol. The van der Waals surface area contributed by atoms with Gasteiger partial charge < -0.3 is 19.7 Å². The zero-order valence-electron chi connectivity index (χ0n) is 18.5. The van der Waals surface area contributed by atoms with E-state index in [1.807, 2.05) is 18.2 Å². The lowest BCUT2D eigenvalue weighted by atomic mass is 10.1. The van der Waals surface area contributed by atoms with Crippen LogP contribution in [-0.2, 0) is 13.2 Å². The highest BCUT2D eigenvalue weighted by Gasteiger charge is 2.15. The molecule has 0 saturated carbocycles. The summed E-state index contributed by atoms with van der Waals surface area (Å²) >= 11 is 10.2. The number of rotatable bonds is 8. The molecule has 0 atom stereocenters. The zero-order valence-corrected chi connectivity index (χ0v) is 20.9. The number of anilines is 2. The minimum Gasteiger partial charge on any atom is -0.493 e. The summed E-state index contributed by atoms with van der Waals surface area (Å²) in [6, 6.07) is 16.3. The molecule has 7 heteroatoms. The van der Waals surface area contributed by atoms with E-state index < -0.39 is 0 Å². The van der Waals surface area contributed by atoms with Crippen LogP contribution in [0.4, 0.5) is 15.8 Å². The number of hydrogen-bond donors (Lipinski definition) is 1. The molecule has 1 heterocycles. The van der Waals surface area contributed by atoms with Crippen LogP contribution in [0.2, 0.25) is 5.02 Å². The van der Waals surface area contributed by atoms with Crippen LogP contribution < -0.4 is 19.7 Å². The van der Waals surface area contributed by atoms with Gasteiger partial charge in [0.05, 0.1) is 22.3 Å². The van der Waals surface area contributed by atoms with Gasteiger partial charge in [-0.05, 0) is 88.8 Å². The summed E-state index contributed by atoms with van der Waals surface area (Å²) in [7, 11) is 1.61. The van der Waals surface area contributed by atoms with Crippen LogP contribution in [0.1, 0.15) is 30.4 Å². The highest BCUT2D eigenvalue weighted by atomic mass is 79.9. The molecule has 33 heavy (non-hydrogen) atoms. The zero-order chi connectivity index (χ0) is 23.2. The van der Waals surface area contributed by atoms with Crippen molar-refractivity contribution in [3.05, 3.63) is 81.0 Å². The van der Waals surface area contributed by atoms with Crippen molar-refractivity contribution < 1.29 is 13.9 Å². The third-order valence-corrected chi connectivity index (χ3v) is 6.62. The smallest absolute Gasteiger partial charge is 0.175 e. The fourth-order valence-corrected chi connectivity index (χ4v) is 4.87. The van der Waals surface area contributed by atoms with Crippen LogP contribution in [0.25, 0.3) is 0 Å². The Labute approximate surface area is 207 Å². The molecule has 3 aromatic carbocycles. The lowest BCUT2D eigenvalue weighted by molar-refractivity contribution is 0.282. The average molecular weight is 534 g/mol. The maximum absolute atomic E-state index is 13.1. The van der Waals surface area contributed by atoms with E-state index in [1.54, 1.807) is 19.2 Å². The van der Waals surface area contributed by atoms with Crippen LogP contribution >= 0.6 is 27.5 Å². The van der Waals surface area contributed by atoms with Crippen molar-refractivity contribution >= 4 is 38.9 Å². The average Bonchev–Trinajstić information content (AvgIpc) is 2.83. The summed E-state index contributed by atoms with van der Waals surface area (Å²) in [5.74, 6) is 0.970. The van der Waals surface area contributed by atoms with Gasteiger partial charge >= 0.3 is 0 Å². The lowest BCUT2D eigenvalue weighted by Gasteiger charge is -2.29. The van der Waals surface area contributed by atoms with E-state index >= 15 is 0 Å². The molecule has 0 radical (unpaired) electrons. The Morgan fingerprint density at radius 1 is 1.00 bits per heavy atom. The molecule has 0 bridgehead atoms. The number of halogens is 3. The Kier molecular flexibility index (Phi) is 7.99. The normalized spacial score (nSPS) is 13.6. The minimum absolute atomic E-state index is 0.267. The van der Waals surface area contributed by atoms with Crippen LogP contribution in [0.5, 0.6) is 11.5 Å². The fourth-order valence-electron chi connectivity index (χ4n) is 3.96. The first kappa shape index (κ1) is 23.7. The first-order valence-corrected chi connectivity index (χ1v) is 12.2. The van der Waals surface area contributed by atoms with Crippen molar-refractivity contribution in [1.82, 2.24) is 0 Å². The first-order valence-electron chi connectivity index (χ1n) is 11.1. The van der Waals surface area contributed by atoms with Crippen molar-refractivity contribution in [2.24, 2.45) is 0 Å². The predicted molar refractivity (Wildman–Crippen MR) is 136 cm³/mol. The molecule has 1 saturated heterocycles. The molecule has 174 valence electrons. The maximum Gasteiger partial charge on any atom is 0.175 e. The van der Waals surface area contributed by atoms with Crippen LogP contribution in [0.15, 0.2) is 59.1 Å². The van der Waals surface area contributed by atoms with Gasteiger partial charge in [0.2, 0.25) is 0 Å². The number of hydrogen-bond acceptors (Lipinski definition) is 4. The summed E-state index contributed by atoms with van der Waals surface area (Å²) in [6.07, 6.45) is 3.73. The summed E-state index contributed by atoms with van der Waals surface area (Å²) in [5, 5.41) is 4.21. The third-order valence-electron chi connectivity index (χ3n) is 5.73. The van der Waals surface area contributed by atoms with E-state index in [4.69, 9.17) is 21.1 Å². The summed E-state index contributed by atoms with van der Waals surface area (Å²) in [6.45, 7) is 3.05. The minimum atomic E-state index is -0.267. The lowest BCUT2D eigenvalue weighted by Crippen LogP contribution is -2.29. The number of nitrogens with zero attached hydrogens (tertiary/aromatic N) is 1. The number of ether oxygens (including phenoxy) is 2. The largest absolute Gasteiger partial charge is 0.493 e. The molecule has 0 unspecified atom stereocenters. The molecule has 0 spiro atoms. The van der Waals surface area contributed by atoms with E-state index in [2.05, 4.69) is 38.3 Å². The van der Waals surface area contributed by atoms with Gasteiger partial charge in [0.1, 0.15) is 12.4 Å². The molecule has 0 aliphatic carbocycles. The molecule has 4 nitrogen and oxygen atoms in total. The summed E-state index contributed by atoms with van der Waals surface area (Å²) in [5.41, 5.74) is 3.98. The van der Waals surface area contributed by atoms with Crippen molar-refractivity contribution in [2.45, 2.75) is 32.4 Å². The molecular weight excluding hydrogens is 507 g/mol. The van der Waals surface area contributed by atoms with E-state index in [1.165, 1.54) is 31.4 Å². The molecule has 1 aliphatic heterocycles. The van der Waals surface area contributed by atoms with Crippen molar-refractivity contribution in [3.8, 4) is 11.5 Å². The van der Waals surface area contributed by atoms with Crippen molar-refractivity contribution in [1.29, 1.82) is 0 Å². The van der Waals surface area contributed by atoms with E-state index in [9.17, 15) is 4.39 Å². The third kappa shape index (κ3) is 6.12. The number of piperidine rings is 1.